The van der Waals surface area contributed by atoms with Gasteiger partial charge >= 0.3 is 5.97 Å². The van der Waals surface area contributed by atoms with Gasteiger partial charge in [-0.15, -0.1) is 0 Å². The highest BCUT2D eigenvalue weighted by Crippen LogP contribution is 2.48. The van der Waals surface area contributed by atoms with Gasteiger partial charge in [0, 0.05) is 31.8 Å². The first-order chi connectivity index (χ1) is 23.4. The molecule has 4 aliphatic rings. The van der Waals surface area contributed by atoms with Crippen molar-refractivity contribution in [2.75, 3.05) is 28.3 Å². The third-order valence-corrected chi connectivity index (χ3v) is 12.7. The van der Waals surface area contributed by atoms with Crippen LogP contribution in [0.4, 0.5) is 0 Å². The lowest BCUT2D eigenvalue weighted by Gasteiger charge is -2.49. The fourth-order valence-electron chi connectivity index (χ4n) is 9.46. The van der Waals surface area contributed by atoms with Gasteiger partial charge in [-0.25, -0.2) is 0 Å². The monoisotopic (exact) mass is 732 g/mol. The van der Waals surface area contributed by atoms with E-state index in [0.717, 1.165) is 0 Å². The Labute approximate surface area is 305 Å². The van der Waals surface area contributed by atoms with Crippen molar-refractivity contribution in [3.05, 3.63) is 0 Å². The number of fused-ring (bicyclic) bond motifs is 2. The molecule has 0 spiro atoms. The van der Waals surface area contributed by atoms with Gasteiger partial charge in [0.25, 0.3) is 0 Å². The van der Waals surface area contributed by atoms with E-state index in [1.165, 1.54) is 14.0 Å². The largest absolute Gasteiger partial charge is 0.459 e. The Morgan fingerprint density at radius 3 is 2.10 bits per heavy atom. The molecule has 13 unspecified atom stereocenters. The summed E-state index contributed by atoms with van der Waals surface area (Å²) in [4.78, 5) is 14.2. The quantitative estimate of drug-likeness (QED) is 0.224. The van der Waals surface area contributed by atoms with Gasteiger partial charge in [-0.05, 0) is 60.3 Å². The molecule has 4 heterocycles. The van der Waals surface area contributed by atoms with Crippen LogP contribution in [-0.4, -0.2) is 149 Å². The summed E-state index contributed by atoms with van der Waals surface area (Å²) in [6.45, 7) is 18.3. The predicted octanol–water partition coefficient (Wildman–Crippen LogP) is 2.77. The van der Waals surface area contributed by atoms with Gasteiger partial charge in [-0.1, -0.05) is 27.7 Å². The number of esters is 1. The van der Waals surface area contributed by atoms with Gasteiger partial charge in [0.1, 0.15) is 23.9 Å². The van der Waals surface area contributed by atoms with E-state index in [0.29, 0.717) is 17.3 Å². The summed E-state index contributed by atoms with van der Waals surface area (Å²) >= 11 is 0. The molecule has 19 atom stereocenters. The van der Waals surface area contributed by atoms with Crippen molar-refractivity contribution >= 4 is 5.97 Å². The Bertz CT molecular complexity index is 1180. The summed E-state index contributed by atoms with van der Waals surface area (Å²) in [6.07, 6.45) is -7.47. The minimum Gasteiger partial charge on any atom is -0.459 e. The molecule has 0 aromatic carbocycles. The van der Waals surface area contributed by atoms with E-state index >= 15 is 0 Å². The fourth-order valence-corrected chi connectivity index (χ4v) is 9.46. The van der Waals surface area contributed by atoms with Crippen LogP contribution >= 0.6 is 0 Å². The van der Waals surface area contributed by atoms with Gasteiger partial charge in [0.15, 0.2) is 18.7 Å². The van der Waals surface area contributed by atoms with Crippen molar-refractivity contribution in [2.45, 2.75) is 185 Å². The lowest BCUT2D eigenvalue weighted by atomic mass is 9.76. The van der Waals surface area contributed by atoms with Crippen molar-refractivity contribution in [2.24, 2.45) is 23.7 Å². The van der Waals surface area contributed by atoms with Crippen LogP contribution in [0.3, 0.4) is 0 Å². The van der Waals surface area contributed by atoms with Crippen molar-refractivity contribution in [1.82, 2.24) is 0 Å². The van der Waals surface area contributed by atoms with Crippen LogP contribution in [0.15, 0.2) is 0 Å². The van der Waals surface area contributed by atoms with Gasteiger partial charge in [-0.3, -0.25) is 4.79 Å². The number of ether oxygens (including phenoxy) is 7. The van der Waals surface area contributed by atoms with Crippen molar-refractivity contribution < 1.29 is 62.9 Å². The number of aliphatic hydroxyl groups is 4. The second-order valence-corrected chi connectivity index (χ2v) is 17.9. The average Bonchev–Trinajstić information content (AvgIpc) is 3.36. The molecule has 4 aliphatic heterocycles. The first kappa shape index (κ1) is 42.8. The maximum atomic E-state index is 14.2. The van der Waals surface area contributed by atoms with Gasteiger partial charge in [0.2, 0.25) is 0 Å². The molecule has 0 aromatic rings. The fraction of sp³-hybridized carbons (Fsp3) is 0.974. The van der Waals surface area contributed by atoms with Crippen LogP contribution < -0.4 is 0 Å². The second kappa shape index (κ2) is 15.6. The summed E-state index contributed by atoms with van der Waals surface area (Å²) in [6, 6.07) is -0.174. The minimum absolute atomic E-state index is 0.0577. The molecule has 0 aliphatic carbocycles. The number of methoxy groups -OCH3 is 1. The van der Waals surface area contributed by atoms with E-state index < -0.39 is 102 Å². The molecule has 0 saturated carbocycles. The molecule has 4 rings (SSSR count). The smallest absolute Gasteiger partial charge is 0.311 e. The first-order valence-corrected chi connectivity index (χ1v) is 19.0. The Balaban J connectivity index is 1.84. The normalized spacial score (nSPS) is 52.0. The lowest BCUT2D eigenvalue weighted by molar-refractivity contribution is -0.903. The van der Waals surface area contributed by atoms with Crippen LogP contribution in [0.2, 0.25) is 0 Å². The molecule has 13 nitrogen and oxygen atoms in total. The van der Waals surface area contributed by atoms with Crippen molar-refractivity contribution in [3.8, 4) is 0 Å². The summed E-state index contributed by atoms with van der Waals surface area (Å²) in [7, 11) is 7.65. The van der Waals surface area contributed by atoms with Gasteiger partial charge in [-0.2, -0.15) is 0 Å². The Morgan fingerprint density at radius 2 is 1.53 bits per heavy atom. The van der Waals surface area contributed by atoms with Gasteiger partial charge in [0.05, 0.1) is 74.9 Å². The number of quaternary nitrogens is 1. The summed E-state index contributed by atoms with van der Waals surface area (Å²) in [5.41, 5.74) is -3.76. The minimum atomic E-state index is -1.79. The number of carbonyl (C=O) groups excluding carboxylic acids is 1. The maximum absolute atomic E-state index is 14.2. The van der Waals surface area contributed by atoms with Crippen molar-refractivity contribution in [1.29, 1.82) is 0 Å². The Kier molecular flexibility index (Phi) is 13.1. The molecular formula is C38H70NO12+. The van der Waals surface area contributed by atoms with Crippen LogP contribution in [0.25, 0.3) is 0 Å². The third kappa shape index (κ3) is 8.49. The van der Waals surface area contributed by atoms with E-state index in [1.807, 2.05) is 48.8 Å². The predicted molar refractivity (Wildman–Crippen MR) is 188 cm³/mol. The van der Waals surface area contributed by atoms with E-state index in [2.05, 4.69) is 6.92 Å². The highest BCUT2D eigenvalue weighted by molar-refractivity contribution is 5.73. The molecule has 4 saturated heterocycles. The van der Waals surface area contributed by atoms with Crippen LogP contribution in [0.5, 0.6) is 0 Å². The topological polar surface area (TPSA) is 163 Å². The molecule has 4 fully saturated rings. The Hall–Kier alpha value is -0.970. The van der Waals surface area contributed by atoms with Crippen LogP contribution in [-0.2, 0) is 38.0 Å². The maximum Gasteiger partial charge on any atom is 0.311 e. The van der Waals surface area contributed by atoms with Crippen molar-refractivity contribution in [3.63, 3.8) is 0 Å². The SMILES string of the molecule is CCC1OC(=O)C(C)C(OC2CC(C)(OC)C(O)C(C)O2)C(C)[C@@H](OC2OC(C)CC([N+](C)(C)C)C2O)[C@]2(C)C[C@@H](C)C(O2)[C@H](C)[C@@H](O)[C@]1(C)O. The Morgan fingerprint density at radius 1 is 0.902 bits per heavy atom. The zero-order chi connectivity index (χ0) is 38.6. The number of rotatable bonds is 7. The molecule has 4 N–H and O–H groups in total. The van der Waals surface area contributed by atoms with Gasteiger partial charge < -0.3 is 58.1 Å². The summed E-state index contributed by atoms with van der Waals surface area (Å²) in [5, 5.41) is 46.2. The first-order valence-electron chi connectivity index (χ1n) is 19.0. The number of aliphatic hydroxyl groups excluding tert-OH is 3. The highest BCUT2D eigenvalue weighted by atomic mass is 16.7. The summed E-state index contributed by atoms with van der Waals surface area (Å²) in [5.74, 6) is -2.72. The third-order valence-electron chi connectivity index (χ3n) is 12.7. The van der Waals surface area contributed by atoms with E-state index in [9.17, 15) is 25.2 Å². The number of hydrogen-bond donors (Lipinski definition) is 4. The summed E-state index contributed by atoms with van der Waals surface area (Å²) < 4.78 is 45.6. The molecule has 51 heavy (non-hydrogen) atoms. The van der Waals surface area contributed by atoms with Crippen LogP contribution in [0.1, 0.15) is 94.9 Å². The zero-order valence-electron chi connectivity index (χ0n) is 33.6. The zero-order valence-corrected chi connectivity index (χ0v) is 33.6. The molecular weight excluding hydrogens is 662 g/mol. The number of hydrogen-bond acceptors (Lipinski definition) is 12. The standard InChI is InChI=1S/C38H70NO12/c1-15-26-38(10,44)31(41)21(4)29-19(2)17-37(9,51-29)33(50-35-28(40)25(39(11,12)13)16-20(3)46-35)22(5)30(23(6)34(43)48-26)49-27-18-36(8,45-14)32(42)24(7)47-27/h19-33,35,40-42,44H,15-18H2,1-14H3/q+1/t19-,20?,21+,22?,23?,24?,25?,26?,27?,28?,29?,30?,31-,32?,33-,35?,36?,37+,38-/m1/s1. The molecule has 0 radical (unpaired) electrons. The van der Waals surface area contributed by atoms with E-state index in [1.54, 1.807) is 27.7 Å². The number of likely N-dealkylation sites (N-methyl/N-ethyl adjacent to an activating group) is 1. The van der Waals surface area contributed by atoms with E-state index in [-0.39, 0.29) is 30.9 Å². The second-order valence-electron chi connectivity index (χ2n) is 17.9. The van der Waals surface area contributed by atoms with E-state index in [4.69, 9.17) is 33.2 Å². The molecule has 13 heteroatoms. The molecule has 298 valence electrons. The number of cyclic esters (lactones) is 1. The number of nitrogens with zero attached hydrogens (tertiary/aromatic N) is 1. The highest BCUT2D eigenvalue weighted by Gasteiger charge is 2.58. The molecule has 0 aromatic heterocycles. The molecule has 2 bridgehead atoms. The lowest BCUT2D eigenvalue weighted by Crippen LogP contribution is -2.63. The number of carbonyl (C=O) groups is 1. The molecule has 0 amide bonds. The average molecular weight is 733 g/mol. The van der Waals surface area contributed by atoms with Crippen LogP contribution in [0, 0.1) is 23.7 Å².